The van der Waals surface area contributed by atoms with Gasteiger partial charge in [-0.15, -0.1) is 0 Å². The lowest BCUT2D eigenvalue weighted by Gasteiger charge is -2.24. The van der Waals surface area contributed by atoms with Crippen LogP contribution in [0.5, 0.6) is 0 Å². The zero-order chi connectivity index (χ0) is 24.6. The number of allylic oxidation sites excluding steroid dienone is 1. The predicted octanol–water partition coefficient (Wildman–Crippen LogP) is 4.66. The van der Waals surface area contributed by atoms with Crippen LogP contribution in [0.3, 0.4) is 0 Å². The number of rotatable bonds is 5. The number of methoxy groups -OCH3 is 1. The van der Waals surface area contributed by atoms with Gasteiger partial charge >= 0.3 is 5.97 Å². The van der Waals surface area contributed by atoms with Crippen molar-refractivity contribution in [1.82, 2.24) is 4.57 Å². The summed E-state index contributed by atoms with van der Waals surface area (Å²) in [6, 6.07) is 15.7. The molecule has 0 fully saturated rings. The summed E-state index contributed by atoms with van der Waals surface area (Å²) in [5.74, 6) is 0.356. The zero-order valence-electron chi connectivity index (χ0n) is 20.5. The van der Waals surface area contributed by atoms with Gasteiger partial charge in [0, 0.05) is 0 Å². The normalized spacial score (nSPS) is 16.1. The van der Waals surface area contributed by atoms with Crippen molar-refractivity contribution in [1.29, 1.82) is 0 Å². The maximum atomic E-state index is 13.6. The first kappa shape index (κ1) is 23.9. The van der Waals surface area contributed by atoms with E-state index < -0.39 is 12.0 Å². The van der Waals surface area contributed by atoms with Crippen LogP contribution in [-0.4, -0.2) is 17.6 Å². The van der Waals surface area contributed by atoms with E-state index in [0.29, 0.717) is 32.4 Å². The van der Waals surface area contributed by atoms with E-state index >= 15 is 0 Å². The Bertz CT molecular complexity index is 1420. The van der Waals surface area contributed by atoms with Crippen LogP contribution in [0.4, 0.5) is 0 Å². The van der Waals surface area contributed by atoms with Crippen LogP contribution in [0.25, 0.3) is 6.08 Å². The van der Waals surface area contributed by atoms with Gasteiger partial charge in [0.15, 0.2) is 4.80 Å². The van der Waals surface area contributed by atoms with E-state index in [1.807, 2.05) is 30.3 Å². The smallest absolute Gasteiger partial charge is 0.338 e. The summed E-state index contributed by atoms with van der Waals surface area (Å²) in [5.41, 5.74) is 5.05. The lowest BCUT2D eigenvalue weighted by Crippen LogP contribution is -2.39. The Balaban J connectivity index is 1.89. The van der Waals surface area contributed by atoms with Crippen LogP contribution in [0.1, 0.15) is 74.8 Å². The Hall–Kier alpha value is -3.25. The van der Waals surface area contributed by atoms with Gasteiger partial charge in [0.25, 0.3) is 5.56 Å². The second-order valence-corrected chi connectivity index (χ2v) is 10.2. The quantitative estimate of drug-likeness (QED) is 0.506. The van der Waals surface area contributed by atoms with Crippen molar-refractivity contribution in [2.24, 2.45) is 4.99 Å². The number of aromatic nitrogens is 1. The minimum atomic E-state index is -0.588. The highest BCUT2D eigenvalue weighted by Gasteiger charge is 2.33. The topological polar surface area (TPSA) is 60.7 Å². The molecule has 1 atom stereocenters. The van der Waals surface area contributed by atoms with Crippen LogP contribution in [-0.2, 0) is 9.53 Å². The van der Waals surface area contributed by atoms with Crippen LogP contribution in [0.2, 0.25) is 0 Å². The molecule has 0 spiro atoms. The predicted molar refractivity (Wildman–Crippen MR) is 137 cm³/mol. The number of thiazole rings is 1. The molecule has 0 N–H and O–H groups in total. The van der Waals surface area contributed by atoms with Gasteiger partial charge < -0.3 is 4.74 Å². The third-order valence-corrected chi connectivity index (χ3v) is 7.23. The molecule has 2 heterocycles. The van der Waals surface area contributed by atoms with E-state index in [0.717, 1.165) is 11.1 Å². The van der Waals surface area contributed by atoms with Crippen LogP contribution in [0.15, 0.2) is 69.6 Å². The van der Waals surface area contributed by atoms with Crippen molar-refractivity contribution in [3.8, 4) is 0 Å². The van der Waals surface area contributed by atoms with E-state index in [-0.39, 0.29) is 5.56 Å². The van der Waals surface area contributed by atoms with Crippen LogP contribution < -0.4 is 14.9 Å². The number of carbonyl (C=O) groups is 1. The molecule has 6 heteroatoms. The Morgan fingerprint density at radius 3 is 2.09 bits per heavy atom. The van der Waals surface area contributed by atoms with E-state index in [9.17, 15) is 9.59 Å². The van der Waals surface area contributed by atoms with Gasteiger partial charge in [-0.25, -0.2) is 9.79 Å². The van der Waals surface area contributed by atoms with Crippen molar-refractivity contribution < 1.29 is 9.53 Å². The lowest BCUT2D eigenvalue weighted by molar-refractivity contribution is -0.136. The number of benzene rings is 2. The molecular weight excluding hydrogens is 444 g/mol. The molecule has 0 amide bonds. The number of hydrogen-bond acceptors (Lipinski definition) is 5. The van der Waals surface area contributed by atoms with E-state index in [1.165, 1.54) is 29.6 Å². The summed E-state index contributed by atoms with van der Waals surface area (Å²) in [6.07, 6.45) is 1.89. The number of esters is 1. The van der Waals surface area contributed by atoms with Gasteiger partial charge in [-0.1, -0.05) is 87.6 Å². The monoisotopic (exact) mass is 474 g/mol. The third-order valence-electron chi connectivity index (χ3n) is 6.25. The van der Waals surface area contributed by atoms with Crippen molar-refractivity contribution in [3.63, 3.8) is 0 Å². The highest BCUT2D eigenvalue weighted by atomic mass is 32.1. The summed E-state index contributed by atoms with van der Waals surface area (Å²) in [7, 11) is 1.35. The maximum absolute atomic E-state index is 13.6. The molecule has 1 aromatic heterocycles. The Morgan fingerprint density at radius 2 is 1.56 bits per heavy atom. The molecule has 0 saturated carbocycles. The number of nitrogens with zero attached hydrogens (tertiary/aromatic N) is 2. The number of fused-ring (bicyclic) bond motifs is 1. The summed E-state index contributed by atoms with van der Waals surface area (Å²) < 4.78 is 7.29. The van der Waals surface area contributed by atoms with E-state index in [4.69, 9.17) is 4.74 Å². The molecule has 1 aliphatic heterocycles. The highest BCUT2D eigenvalue weighted by Crippen LogP contribution is 2.31. The first-order chi connectivity index (χ1) is 16.2. The highest BCUT2D eigenvalue weighted by molar-refractivity contribution is 7.07. The molecule has 0 aliphatic carbocycles. The fourth-order valence-electron chi connectivity index (χ4n) is 4.20. The maximum Gasteiger partial charge on any atom is 0.338 e. The number of ether oxygens (including phenoxy) is 1. The van der Waals surface area contributed by atoms with Gasteiger partial charge in [0.1, 0.15) is 0 Å². The summed E-state index contributed by atoms with van der Waals surface area (Å²) in [5, 5.41) is 0. The van der Waals surface area contributed by atoms with Gasteiger partial charge in [-0.3, -0.25) is 9.36 Å². The molecule has 34 heavy (non-hydrogen) atoms. The molecule has 4 rings (SSSR count). The molecule has 0 radical (unpaired) electrons. The molecule has 0 unspecified atom stereocenters. The van der Waals surface area contributed by atoms with Crippen molar-refractivity contribution >= 4 is 23.4 Å². The summed E-state index contributed by atoms with van der Waals surface area (Å²) in [4.78, 5) is 31.6. The average Bonchev–Trinajstić information content (AvgIpc) is 3.12. The van der Waals surface area contributed by atoms with Crippen molar-refractivity contribution in [2.75, 3.05) is 7.11 Å². The largest absolute Gasteiger partial charge is 0.466 e. The average molecular weight is 475 g/mol. The molecule has 5 nitrogen and oxygen atoms in total. The summed E-state index contributed by atoms with van der Waals surface area (Å²) >= 11 is 1.34. The van der Waals surface area contributed by atoms with Gasteiger partial charge in [0.2, 0.25) is 0 Å². The fraction of sp³-hybridized carbons (Fsp3) is 0.321. The standard InChI is InChI=1S/C28H30N2O3S/c1-16(2)20-9-7-19(8-10-20)15-23-26(31)30-25(22-13-11-21(12-14-22)17(3)4)24(27(32)33-6)18(5)29-28(30)34-23/h7-17,25H,1-6H3/b23-15-/t25-/m1/s1. The third kappa shape index (κ3) is 4.42. The van der Waals surface area contributed by atoms with Gasteiger partial charge in [0.05, 0.1) is 29.0 Å². The SMILES string of the molecule is COC(=O)C1=C(C)N=c2s/c(=C\c3ccc(C(C)C)cc3)c(=O)n2[C@@H]1c1ccc(C(C)C)cc1. The molecule has 1 aliphatic rings. The minimum Gasteiger partial charge on any atom is -0.466 e. The van der Waals surface area contributed by atoms with Crippen molar-refractivity contribution in [2.45, 2.75) is 52.5 Å². The Kier molecular flexibility index (Phi) is 6.71. The summed E-state index contributed by atoms with van der Waals surface area (Å²) in [6.45, 7) is 10.4. The van der Waals surface area contributed by atoms with E-state index in [2.05, 4.69) is 57.0 Å². The van der Waals surface area contributed by atoms with Gasteiger partial charge in [-0.05, 0) is 47.1 Å². The minimum absolute atomic E-state index is 0.163. The van der Waals surface area contributed by atoms with Crippen LogP contribution >= 0.6 is 11.3 Å². The molecule has 176 valence electrons. The Morgan fingerprint density at radius 1 is 1.00 bits per heavy atom. The fourth-order valence-corrected chi connectivity index (χ4v) is 5.25. The van der Waals surface area contributed by atoms with Gasteiger partial charge in [-0.2, -0.15) is 0 Å². The first-order valence-corrected chi connectivity index (χ1v) is 12.3. The molecule has 2 aromatic carbocycles. The van der Waals surface area contributed by atoms with Crippen molar-refractivity contribution in [3.05, 3.63) is 102 Å². The number of hydrogen-bond donors (Lipinski definition) is 0. The van der Waals surface area contributed by atoms with Crippen LogP contribution in [0, 0.1) is 0 Å². The molecule has 0 bridgehead atoms. The first-order valence-electron chi connectivity index (χ1n) is 11.5. The second kappa shape index (κ2) is 9.55. The van der Waals surface area contributed by atoms with E-state index in [1.54, 1.807) is 11.5 Å². The zero-order valence-corrected chi connectivity index (χ0v) is 21.3. The molecular formula is C28H30N2O3S. The Labute approximate surface area is 203 Å². The second-order valence-electron chi connectivity index (χ2n) is 9.22. The molecule has 0 saturated heterocycles. The lowest BCUT2D eigenvalue weighted by atomic mass is 9.93. The molecule has 3 aromatic rings. The number of carbonyl (C=O) groups excluding carboxylic acids is 1.